The molecular weight excluding hydrogens is 184 g/mol. The number of piperidine rings is 1. The normalized spacial score (nSPS) is 22.0. The predicted molar refractivity (Wildman–Crippen MR) is 66.9 cm³/mol. The highest BCUT2D eigenvalue weighted by molar-refractivity contribution is 4.88. The molecule has 1 fully saturated rings. The highest BCUT2D eigenvalue weighted by Crippen LogP contribution is 2.35. The quantitative estimate of drug-likeness (QED) is 0.762. The van der Waals surface area contributed by atoms with Crippen LogP contribution in [-0.2, 0) is 0 Å². The Kier molecular flexibility index (Phi) is 3.83. The van der Waals surface area contributed by atoms with E-state index in [0.717, 1.165) is 12.5 Å². The molecule has 0 spiro atoms. The minimum atomic E-state index is 0.183. The Hall–Kier alpha value is -0.0800. The lowest BCUT2D eigenvalue weighted by Crippen LogP contribution is -2.53. The Morgan fingerprint density at radius 1 is 1.07 bits per heavy atom. The van der Waals surface area contributed by atoms with Crippen LogP contribution in [0.15, 0.2) is 0 Å². The summed E-state index contributed by atoms with van der Waals surface area (Å²) in [5, 5.41) is 0. The van der Waals surface area contributed by atoms with Gasteiger partial charge in [-0.25, -0.2) is 0 Å². The molecule has 1 aliphatic rings. The van der Waals surface area contributed by atoms with Crippen molar-refractivity contribution in [2.75, 3.05) is 19.6 Å². The van der Waals surface area contributed by atoms with Gasteiger partial charge in [0.25, 0.3) is 0 Å². The molecular formula is C13H28N2. The average Bonchev–Trinajstić information content (AvgIpc) is 2.17. The van der Waals surface area contributed by atoms with Gasteiger partial charge in [0.05, 0.1) is 0 Å². The molecule has 90 valence electrons. The summed E-state index contributed by atoms with van der Waals surface area (Å²) in [6, 6.07) is 0. The van der Waals surface area contributed by atoms with E-state index in [1.54, 1.807) is 0 Å². The average molecular weight is 212 g/mol. The summed E-state index contributed by atoms with van der Waals surface area (Å²) in [7, 11) is 0. The van der Waals surface area contributed by atoms with Gasteiger partial charge < -0.3 is 5.73 Å². The van der Waals surface area contributed by atoms with Gasteiger partial charge in [-0.3, -0.25) is 4.90 Å². The van der Waals surface area contributed by atoms with Crippen molar-refractivity contribution < 1.29 is 0 Å². The third-order valence-electron chi connectivity index (χ3n) is 4.08. The Morgan fingerprint density at radius 3 is 1.87 bits per heavy atom. The highest BCUT2D eigenvalue weighted by atomic mass is 15.2. The topological polar surface area (TPSA) is 29.3 Å². The van der Waals surface area contributed by atoms with E-state index in [9.17, 15) is 0 Å². The van der Waals surface area contributed by atoms with Crippen LogP contribution in [0.5, 0.6) is 0 Å². The van der Waals surface area contributed by atoms with Crippen molar-refractivity contribution in [2.24, 2.45) is 17.1 Å². The van der Waals surface area contributed by atoms with Crippen molar-refractivity contribution in [1.82, 2.24) is 4.90 Å². The van der Waals surface area contributed by atoms with E-state index in [1.165, 1.54) is 25.9 Å². The Labute approximate surface area is 95.2 Å². The second-order valence-corrected chi connectivity index (χ2v) is 6.64. The molecule has 1 aliphatic heterocycles. The van der Waals surface area contributed by atoms with Gasteiger partial charge in [-0.2, -0.15) is 0 Å². The van der Waals surface area contributed by atoms with Crippen molar-refractivity contribution in [3.05, 3.63) is 0 Å². The van der Waals surface area contributed by atoms with E-state index in [0.29, 0.717) is 5.41 Å². The molecule has 0 aromatic heterocycles. The Bertz CT molecular complexity index is 195. The van der Waals surface area contributed by atoms with Crippen LogP contribution >= 0.6 is 0 Å². The maximum atomic E-state index is 5.82. The molecule has 1 rings (SSSR count). The summed E-state index contributed by atoms with van der Waals surface area (Å²) in [6.45, 7) is 14.8. The van der Waals surface area contributed by atoms with Crippen LogP contribution in [0.4, 0.5) is 0 Å². The number of rotatable bonds is 2. The number of nitrogens with zero attached hydrogens (tertiary/aromatic N) is 1. The van der Waals surface area contributed by atoms with E-state index in [2.05, 4.69) is 39.5 Å². The smallest absolute Gasteiger partial charge is 0.0275 e. The minimum absolute atomic E-state index is 0.183. The third-order valence-corrected chi connectivity index (χ3v) is 4.08. The summed E-state index contributed by atoms with van der Waals surface area (Å²) in [5.41, 5.74) is 6.47. The van der Waals surface area contributed by atoms with Gasteiger partial charge in [-0.1, -0.05) is 20.8 Å². The largest absolute Gasteiger partial charge is 0.329 e. The second kappa shape index (κ2) is 4.42. The molecule has 2 N–H and O–H groups in total. The van der Waals surface area contributed by atoms with Crippen LogP contribution in [0.2, 0.25) is 0 Å². The van der Waals surface area contributed by atoms with Gasteiger partial charge in [0.2, 0.25) is 0 Å². The van der Waals surface area contributed by atoms with Crippen LogP contribution in [0, 0.1) is 11.3 Å². The van der Waals surface area contributed by atoms with Crippen LogP contribution in [-0.4, -0.2) is 30.1 Å². The van der Waals surface area contributed by atoms with E-state index in [-0.39, 0.29) is 5.54 Å². The lowest BCUT2D eigenvalue weighted by Gasteiger charge is -2.45. The third kappa shape index (κ3) is 3.18. The standard InChI is InChI=1S/C13H28N2/c1-12(2,3)11-6-8-15(9-7-11)13(4,5)10-14/h11H,6-10,14H2,1-5H3. The summed E-state index contributed by atoms with van der Waals surface area (Å²) < 4.78 is 0. The van der Waals surface area contributed by atoms with Crippen LogP contribution in [0.25, 0.3) is 0 Å². The van der Waals surface area contributed by atoms with Crippen LogP contribution in [0.3, 0.4) is 0 Å². The highest BCUT2D eigenvalue weighted by Gasteiger charge is 2.33. The van der Waals surface area contributed by atoms with Gasteiger partial charge >= 0.3 is 0 Å². The van der Waals surface area contributed by atoms with Gasteiger partial charge in [0.1, 0.15) is 0 Å². The van der Waals surface area contributed by atoms with E-state index in [1.807, 2.05) is 0 Å². The number of likely N-dealkylation sites (tertiary alicyclic amines) is 1. The maximum absolute atomic E-state index is 5.82. The molecule has 0 bridgehead atoms. The molecule has 0 radical (unpaired) electrons. The fourth-order valence-corrected chi connectivity index (χ4v) is 2.48. The molecule has 0 amide bonds. The van der Waals surface area contributed by atoms with Crippen LogP contribution in [0.1, 0.15) is 47.5 Å². The second-order valence-electron chi connectivity index (χ2n) is 6.64. The van der Waals surface area contributed by atoms with Crippen molar-refractivity contribution in [3.63, 3.8) is 0 Å². The fraction of sp³-hybridized carbons (Fsp3) is 1.00. The van der Waals surface area contributed by atoms with E-state index >= 15 is 0 Å². The Morgan fingerprint density at radius 2 is 1.53 bits per heavy atom. The molecule has 1 heterocycles. The zero-order chi connectivity index (χ0) is 11.7. The first-order valence-electron chi connectivity index (χ1n) is 6.22. The van der Waals surface area contributed by atoms with Gasteiger partial charge in [0, 0.05) is 12.1 Å². The van der Waals surface area contributed by atoms with Crippen LogP contribution < -0.4 is 5.73 Å². The number of nitrogens with two attached hydrogens (primary N) is 1. The molecule has 0 aromatic rings. The molecule has 0 saturated carbocycles. The van der Waals surface area contributed by atoms with Crippen molar-refractivity contribution in [2.45, 2.75) is 53.0 Å². The zero-order valence-electron chi connectivity index (χ0n) is 11.1. The summed E-state index contributed by atoms with van der Waals surface area (Å²) in [4.78, 5) is 2.55. The van der Waals surface area contributed by atoms with E-state index < -0.39 is 0 Å². The predicted octanol–water partition coefficient (Wildman–Crippen LogP) is 2.48. The molecule has 0 unspecified atom stereocenters. The first-order valence-corrected chi connectivity index (χ1v) is 6.22. The SMILES string of the molecule is CC(C)(C)C1CCN(C(C)(C)CN)CC1. The first kappa shape index (κ1) is 13.0. The fourth-order valence-electron chi connectivity index (χ4n) is 2.48. The van der Waals surface area contributed by atoms with Gasteiger partial charge in [-0.05, 0) is 51.1 Å². The number of hydrogen-bond donors (Lipinski definition) is 1. The lowest BCUT2D eigenvalue weighted by atomic mass is 9.74. The van der Waals surface area contributed by atoms with Gasteiger partial charge in [-0.15, -0.1) is 0 Å². The minimum Gasteiger partial charge on any atom is -0.329 e. The monoisotopic (exact) mass is 212 g/mol. The molecule has 0 atom stereocenters. The first-order chi connectivity index (χ1) is 6.77. The van der Waals surface area contributed by atoms with Crippen molar-refractivity contribution >= 4 is 0 Å². The van der Waals surface area contributed by atoms with E-state index in [4.69, 9.17) is 5.73 Å². The zero-order valence-corrected chi connectivity index (χ0v) is 11.1. The molecule has 15 heavy (non-hydrogen) atoms. The number of hydrogen-bond acceptors (Lipinski definition) is 2. The lowest BCUT2D eigenvalue weighted by molar-refractivity contribution is 0.0484. The van der Waals surface area contributed by atoms with Gasteiger partial charge in [0.15, 0.2) is 0 Å². The molecule has 1 saturated heterocycles. The molecule has 0 aromatic carbocycles. The summed E-state index contributed by atoms with van der Waals surface area (Å²) >= 11 is 0. The summed E-state index contributed by atoms with van der Waals surface area (Å²) in [6.07, 6.45) is 2.65. The molecule has 0 aliphatic carbocycles. The van der Waals surface area contributed by atoms with Crippen molar-refractivity contribution in [1.29, 1.82) is 0 Å². The maximum Gasteiger partial charge on any atom is 0.0275 e. The summed E-state index contributed by atoms with van der Waals surface area (Å²) in [5.74, 6) is 0.877. The molecule has 2 nitrogen and oxygen atoms in total. The Balaban J connectivity index is 2.50. The molecule has 2 heteroatoms. The van der Waals surface area contributed by atoms with Crippen molar-refractivity contribution in [3.8, 4) is 0 Å².